The summed E-state index contributed by atoms with van der Waals surface area (Å²) in [6.07, 6.45) is 6.34. The third kappa shape index (κ3) is 7.51. The smallest absolute Gasteiger partial charge is 0.166 e. The minimum Gasteiger partial charge on any atom is -0.508 e. The van der Waals surface area contributed by atoms with E-state index in [0.717, 1.165) is 24.1 Å². The number of carbonyl (C=O) groups excluding carboxylic acids is 1. The van der Waals surface area contributed by atoms with Crippen LogP contribution >= 0.6 is 0 Å². The third-order valence-corrected chi connectivity index (χ3v) is 4.83. The average molecular weight is 410 g/mol. The Morgan fingerprint density at radius 1 is 1.07 bits per heavy atom. The van der Waals surface area contributed by atoms with Crippen molar-refractivity contribution in [2.45, 2.75) is 47.0 Å². The van der Waals surface area contributed by atoms with E-state index in [1.165, 1.54) is 18.2 Å². The van der Waals surface area contributed by atoms with Crippen molar-refractivity contribution in [1.29, 1.82) is 0 Å². The van der Waals surface area contributed by atoms with Crippen molar-refractivity contribution in [3.05, 3.63) is 65.7 Å². The molecule has 2 aromatic carbocycles. The van der Waals surface area contributed by atoms with Crippen LogP contribution in [0.4, 0.5) is 0 Å². The number of ketones is 1. The molecule has 0 aromatic heterocycles. The second-order valence-electron chi connectivity index (χ2n) is 6.66. The van der Waals surface area contributed by atoms with Gasteiger partial charge in [-0.15, -0.1) is 0 Å². The fraction of sp³-hybridized carbons (Fsp3) is 0.385. The quantitative estimate of drug-likeness (QED) is 0.403. The van der Waals surface area contributed by atoms with E-state index in [1.807, 2.05) is 45.9 Å². The van der Waals surface area contributed by atoms with E-state index in [9.17, 15) is 15.0 Å². The summed E-state index contributed by atoms with van der Waals surface area (Å²) in [6, 6.07) is 14.2. The van der Waals surface area contributed by atoms with E-state index in [4.69, 9.17) is 0 Å². The number of allylic oxidation sites excluding steroid dienone is 1. The molecule has 0 bridgehead atoms. The van der Waals surface area contributed by atoms with Gasteiger partial charge in [0.25, 0.3) is 0 Å². The molecule has 0 saturated heterocycles. The van der Waals surface area contributed by atoms with Crippen LogP contribution in [0.25, 0.3) is 6.08 Å². The Balaban J connectivity index is 0.00000106. The van der Waals surface area contributed by atoms with Crippen LogP contribution in [-0.2, 0) is 0 Å². The zero-order chi connectivity index (χ0) is 22.5. The first-order chi connectivity index (χ1) is 14.6. The van der Waals surface area contributed by atoms with Crippen molar-refractivity contribution < 1.29 is 15.0 Å². The lowest BCUT2D eigenvalue weighted by atomic mass is 10.0. The number of carbonyl (C=O) groups is 1. The van der Waals surface area contributed by atoms with Gasteiger partial charge in [0.15, 0.2) is 5.78 Å². The van der Waals surface area contributed by atoms with Crippen LogP contribution in [0, 0.1) is 11.8 Å². The Bertz CT molecular complexity index is 841. The standard InChI is InChI=1S/C22H23NO3.2C2H6/c1-23-20(11-7-15-5-3-2-4-6-15)19-13-16(19)8-12-21(25)18-10-9-17(24)14-22(18)26;2*1-2/h2-7,9-11,14,16,19,24,26H,8,12-13H2,1H3;2*1-2H3/b11-7+,23-20?;;. The third-order valence-electron chi connectivity index (χ3n) is 4.83. The van der Waals surface area contributed by atoms with E-state index in [-0.39, 0.29) is 22.8 Å². The number of rotatable bonds is 7. The van der Waals surface area contributed by atoms with Gasteiger partial charge in [0, 0.05) is 31.2 Å². The van der Waals surface area contributed by atoms with Crippen molar-refractivity contribution >= 4 is 17.6 Å². The van der Waals surface area contributed by atoms with Crippen molar-refractivity contribution in [3.8, 4) is 11.5 Å². The van der Waals surface area contributed by atoms with Gasteiger partial charge in [-0.3, -0.25) is 9.79 Å². The maximum atomic E-state index is 12.3. The van der Waals surface area contributed by atoms with Gasteiger partial charge in [-0.25, -0.2) is 0 Å². The van der Waals surface area contributed by atoms with Gasteiger partial charge in [0.2, 0.25) is 0 Å². The fourth-order valence-electron chi connectivity index (χ4n) is 3.25. The summed E-state index contributed by atoms with van der Waals surface area (Å²) < 4.78 is 0. The molecule has 0 heterocycles. The number of phenols is 2. The molecule has 2 N–H and O–H groups in total. The number of benzene rings is 2. The first kappa shape index (κ1) is 25.2. The highest BCUT2D eigenvalue weighted by molar-refractivity contribution is 6.02. The largest absolute Gasteiger partial charge is 0.508 e. The predicted octanol–water partition coefficient (Wildman–Crippen LogP) is 6.53. The molecule has 1 aliphatic carbocycles. The van der Waals surface area contributed by atoms with E-state index >= 15 is 0 Å². The highest BCUT2D eigenvalue weighted by Gasteiger charge is 2.39. The van der Waals surface area contributed by atoms with Crippen LogP contribution in [0.3, 0.4) is 0 Å². The Kier molecular flexibility index (Phi) is 11.2. The molecule has 0 aliphatic heterocycles. The summed E-state index contributed by atoms with van der Waals surface area (Å²) in [5.41, 5.74) is 2.48. The minimum atomic E-state index is -0.163. The van der Waals surface area contributed by atoms with Crippen LogP contribution in [0.1, 0.15) is 62.9 Å². The molecule has 1 saturated carbocycles. The fourth-order valence-corrected chi connectivity index (χ4v) is 3.25. The second kappa shape index (κ2) is 13.4. The Morgan fingerprint density at radius 2 is 1.73 bits per heavy atom. The SMILES string of the molecule is CC.CC.CN=C(/C=C/c1ccccc1)C1CC1CCC(=O)c1ccc(O)cc1O. The molecule has 2 aromatic rings. The molecule has 1 aliphatic rings. The highest BCUT2D eigenvalue weighted by atomic mass is 16.3. The molecular weight excluding hydrogens is 374 g/mol. The van der Waals surface area contributed by atoms with Crippen molar-refractivity contribution in [2.24, 2.45) is 16.8 Å². The van der Waals surface area contributed by atoms with Gasteiger partial charge in [-0.2, -0.15) is 0 Å². The van der Waals surface area contributed by atoms with Gasteiger partial charge in [0.1, 0.15) is 11.5 Å². The average Bonchev–Trinajstić information content (AvgIpc) is 3.55. The molecule has 0 spiro atoms. The van der Waals surface area contributed by atoms with E-state index in [1.54, 1.807) is 7.05 Å². The van der Waals surface area contributed by atoms with E-state index < -0.39 is 0 Å². The molecule has 4 heteroatoms. The van der Waals surface area contributed by atoms with Gasteiger partial charge in [0.05, 0.1) is 5.56 Å². The van der Waals surface area contributed by atoms with Crippen LogP contribution in [-0.4, -0.2) is 28.8 Å². The normalized spacial score (nSPS) is 17.4. The first-order valence-electron chi connectivity index (χ1n) is 10.8. The number of nitrogens with zero attached hydrogens (tertiary/aromatic N) is 1. The lowest BCUT2D eigenvalue weighted by Gasteiger charge is -2.05. The van der Waals surface area contributed by atoms with Gasteiger partial charge >= 0.3 is 0 Å². The lowest BCUT2D eigenvalue weighted by Crippen LogP contribution is -2.03. The van der Waals surface area contributed by atoms with E-state index in [2.05, 4.69) is 29.3 Å². The van der Waals surface area contributed by atoms with Crippen molar-refractivity contribution in [3.63, 3.8) is 0 Å². The van der Waals surface area contributed by atoms with Crippen molar-refractivity contribution in [1.82, 2.24) is 0 Å². The minimum absolute atomic E-state index is 0.0460. The van der Waals surface area contributed by atoms with Crippen LogP contribution in [0.5, 0.6) is 11.5 Å². The molecule has 30 heavy (non-hydrogen) atoms. The second-order valence-corrected chi connectivity index (χ2v) is 6.66. The molecular formula is C26H35NO3. The van der Waals surface area contributed by atoms with Gasteiger partial charge < -0.3 is 10.2 Å². The number of aromatic hydroxyl groups is 2. The Hall–Kier alpha value is -2.88. The molecule has 2 atom stereocenters. The molecule has 0 amide bonds. The Morgan fingerprint density at radius 3 is 2.33 bits per heavy atom. The lowest BCUT2D eigenvalue weighted by molar-refractivity contribution is 0.0975. The highest BCUT2D eigenvalue weighted by Crippen LogP contribution is 2.44. The number of Topliss-reactive ketones (excluding diaryl/α,β-unsaturated/α-hetero) is 1. The maximum absolute atomic E-state index is 12.3. The molecule has 1 fully saturated rings. The molecule has 0 radical (unpaired) electrons. The topological polar surface area (TPSA) is 69.9 Å². The van der Waals surface area contributed by atoms with Crippen LogP contribution in [0.2, 0.25) is 0 Å². The number of aliphatic imine (C=N–C) groups is 1. The van der Waals surface area contributed by atoms with Crippen molar-refractivity contribution in [2.75, 3.05) is 7.05 Å². The molecule has 3 rings (SSSR count). The monoisotopic (exact) mass is 409 g/mol. The number of phenolic OH excluding ortho intramolecular Hbond substituents is 2. The predicted molar refractivity (Wildman–Crippen MR) is 126 cm³/mol. The van der Waals surface area contributed by atoms with Crippen LogP contribution in [0.15, 0.2) is 59.6 Å². The summed E-state index contributed by atoms with van der Waals surface area (Å²) in [5, 5.41) is 19.1. The maximum Gasteiger partial charge on any atom is 0.166 e. The Labute approximate surface area is 181 Å². The summed E-state index contributed by atoms with van der Waals surface area (Å²) in [4.78, 5) is 16.7. The summed E-state index contributed by atoms with van der Waals surface area (Å²) in [7, 11) is 1.81. The molecule has 4 nitrogen and oxygen atoms in total. The van der Waals surface area contributed by atoms with Gasteiger partial charge in [-0.1, -0.05) is 64.1 Å². The zero-order valence-corrected chi connectivity index (χ0v) is 18.8. The molecule has 162 valence electrons. The summed E-state index contributed by atoms with van der Waals surface area (Å²) in [6.45, 7) is 8.00. The summed E-state index contributed by atoms with van der Waals surface area (Å²) >= 11 is 0. The van der Waals surface area contributed by atoms with Crippen LogP contribution < -0.4 is 0 Å². The summed E-state index contributed by atoms with van der Waals surface area (Å²) in [5.74, 6) is 0.556. The number of hydrogen-bond acceptors (Lipinski definition) is 4. The first-order valence-corrected chi connectivity index (χ1v) is 10.8. The number of hydrogen-bond donors (Lipinski definition) is 2. The molecule has 2 unspecified atom stereocenters. The zero-order valence-electron chi connectivity index (χ0n) is 18.8. The van der Waals surface area contributed by atoms with Gasteiger partial charge in [-0.05, 0) is 42.5 Å². The van der Waals surface area contributed by atoms with E-state index in [0.29, 0.717) is 18.3 Å².